The molecule has 1 aromatic rings. The van der Waals surface area contributed by atoms with E-state index in [9.17, 15) is 9.59 Å². The van der Waals surface area contributed by atoms with Gasteiger partial charge in [0.05, 0.1) is 0 Å². The van der Waals surface area contributed by atoms with Crippen LogP contribution in [0.1, 0.15) is 55.5 Å². The van der Waals surface area contributed by atoms with E-state index in [4.69, 9.17) is 0 Å². The zero-order valence-corrected chi connectivity index (χ0v) is 16.4. The van der Waals surface area contributed by atoms with Crippen molar-refractivity contribution in [2.75, 3.05) is 26.2 Å². The molecule has 0 aromatic heterocycles. The average molecular weight is 360 g/mol. The lowest BCUT2D eigenvalue weighted by Gasteiger charge is -2.26. The third-order valence-corrected chi connectivity index (χ3v) is 5.02. The molecule has 0 aliphatic carbocycles. The van der Waals surface area contributed by atoms with E-state index in [2.05, 4.69) is 15.5 Å². The van der Waals surface area contributed by atoms with Crippen molar-refractivity contribution in [1.82, 2.24) is 15.5 Å². The van der Waals surface area contributed by atoms with Gasteiger partial charge in [0.1, 0.15) is 6.04 Å². The van der Waals surface area contributed by atoms with Crippen molar-refractivity contribution in [1.29, 1.82) is 0 Å². The van der Waals surface area contributed by atoms with Gasteiger partial charge in [0, 0.05) is 12.1 Å². The SMILES string of the molecule is Cc1ccccc1C(=O)NC(C(=O)NCCCN1CCCCC1)C(C)C. The van der Waals surface area contributed by atoms with Crippen LogP contribution in [0.5, 0.6) is 0 Å². The van der Waals surface area contributed by atoms with Gasteiger partial charge in [-0.1, -0.05) is 38.5 Å². The van der Waals surface area contributed by atoms with Crippen LogP contribution in [0.3, 0.4) is 0 Å². The van der Waals surface area contributed by atoms with Crippen LogP contribution >= 0.6 is 0 Å². The molecule has 1 atom stereocenters. The Hall–Kier alpha value is -1.88. The molecule has 144 valence electrons. The first-order valence-electron chi connectivity index (χ1n) is 9.85. The molecule has 1 heterocycles. The molecule has 1 saturated heterocycles. The van der Waals surface area contributed by atoms with Gasteiger partial charge >= 0.3 is 0 Å². The largest absolute Gasteiger partial charge is 0.354 e. The van der Waals surface area contributed by atoms with E-state index >= 15 is 0 Å². The standard InChI is InChI=1S/C21H33N3O2/c1-16(2)19(23-20(25)18-11-6-5-10-17(18)3)21(26)22-12-9-15-24-13-7-4-8-14-24/h5-6,10-11,16,19H,4,7-9,12-15H2,1-3H3,(H,22,26)(H,23,25). The summed E-state index contributed by atoms with van der Waals surface area (Å²) >= 11 is 0. The van der Waals surface area contributed by atoms with Crippen molar-refractivity contribution in [3.05, 3.63) is 35.4 Å². The van der Waals surface area contributed by atoms with Crippen molar-refractivity contribution in [3.8, 4) is 0 Å². The van der Waals surface area contributed by atoms with Crippen LogP contribution < -0.4 is 10.6 Å². The normalized spacial score (nSPS) is 16.3. The van der Waals surface area contributed by atoms with Crippen molar-refractivity contribution in [2.24, 2.45) is 5.92 Å². The Morgan fingerprint density at radius 1 is 1.12 bits per heavy atom. The lowest BCUT2D eigenvalue weighted by molar-refractivity contribution is -0.123. The third kappa shape index (κ3) is 6.13. The van der Waals surface area contributed by atoms with Crippen LogP contribution in [0.2, 0.25) is 0 Å². The molecule has 26 heavy (non-hydrogen) atoms. The summed E-state index contributed by atoms with van der Waals surface area (Å²) in [4.78, 5) is 27.5. The summed E-state index contributed by atoms with van der Waals surface area (Å²) in [6.45, 7) is 9.84. The highest BCUT2D eigenvalue weighted by molar-refractivity contribution is 5.98. The van der Waals surface area contributed by atoms with Gasteiger partial charge in [-0.15, -0.1) is 0 Å². The smallest absolute Gasteiger partial charge is 0.252 e. The van der Waals surface area contributed by atoms with E-state index in [-0.39, 0.29) is 17.7 Å². The second-order valence-corrected chi connectivity index (χ2v) is 7.56. The Labute approximate surface area is 157 Å². The van der Waals surface area contributed by atoms with E-state index in [0.717, 1.165) is 18.5 Å². The summed E-state index contributed by atoms with van der Waals surface area (Å²) in [5.74, 6) is -0.254. The molecule has 1 aliphatic rings. The van der Waals surface area contributed by atoms with Gasteiger partial charge in [0.25, 0.3) is 5.91 Å². The number of aryl methyl sites for hydroxylation is 1. The fraction of sp³-hybridized carbons (Fsp3) is 0.619. The van der Waals surface area contributed by atoms with Crippen molar-refractivity contribution < 1.29 is 9.59 Å². The predicted octanol–water partition coefficient (Wildman–Crippen LogP) is 2.74. The van der Waals surface area contributed by atoms with E-state index in [1.165, 1.54) is 32.4 Å². The maximum absolute atomic E-state index is 12.5. The molecule has 0 radical (unpaired) electrons. The topological polar surface area (TPSA) is 61.4 Å². The van der Waals surface area contributed by atoms with Gasteiger partial charge < -0.3 is 15.5 Å². The Balaban J connectivity index is 1.81. The minimum atomic E-state index is -0.517. The number of carbonyl (C=O) groups is 2. The third-order valence-electron chi connectivity index (χ3n) is 5.02. The summed E-state index contributed by atoms with van der Waals surface area (Å²) in [7, 11) is 0. The number of nitrogens with zero attached hydrogens (tertiary/aromatic N) is 1. The van der Waals surface area contributed by atoms with E-state index in [0.29, 0.717) is 12.1 Å². The molecular formula is C21H33N3O2. The number of amides is 2. The van der Waals surface area contributed by atoms with Crippen molar-refractivity contribution in [3.63, 3.8) is 0 Å². The fourth-order valence-electron chi connectivity index (χ4n) is 3.39. The highest BCUT2D eigenvalue weighted by Gasteiger charge is 2.24. The summed E-state index contributed by atoms with van der Waals surface area (Å²) < 4.78 is 0. The molecule has 2 amide bonds. The molecule has 2 rings (SSSR count). The summed E-state index contributed by atoms with van der Waals surface area (Å²) in [6, 6.07) is 6.92. The first-order chi connectivity index (χ1) is 12.5. The van der Waals surface area contributed by atoms with E-state index in [1.807, 2.05) is 39.0 Å². The minimum Gasteiger partial charge on any atom is -0.354 e. The summed E-state index contributed by atoms with van der Waals surface area (Å²) in [5.41, 5.74) is 1.53. The molecule has 2 N–H and O–H groups in total. The van der Waals surface area contributed by atoms with E-state index < -0.39 is 6.04 Å². The molecule has 5 nitrogen and oxygen atoms in total. The number of carbonyl (C=O) groups excluding carboxylic acids is 2. The van der Waals surface area contributed by atoms with Crippen LogP contribution in [-0.4, -0.2) is 48.9 Å². The van der Waals surface area contributed by atoms with E-state index in [1.54, 1.807) is 6.07 Å². The van der Waals surface area contributed by atoms with Gasteiger partial charge in [0.2, 0.25) is 5.91 Å². The number of piperidine rings is 1. The number of nitrogens with one attached hydrogen (secondary N) is 2. The Bertz CT molecular complexity index is 595. The predicted molar refractivity (Wildman–Crippen MR) is 105 cm³/mol. The van der Waals surface area contributed by atoms with Crippen molar-refractivity contribution in [2.45, 2.75) is 52.5 Å². The van der Waals surface area contributed by atoms with Crippen LogP contribution in [0.25, 0.3) is 0 Å². The zero-order valence-electron chi connectivity index (χ0n) is 16.4. The number of hydrogen-bond donors (Lipinski definition) is 2. The molecule has 0 bridgehead atoms. The van der Waals surface area contributed by atoms with Crippen LogP contribution in [0.15, 0.2) is 24.3 Å². The average Bonchev–Trinajstić information content (AvgIpc) is 2.64. The van der Waals surface area contributed by atoms with Crippen LogP contribution in [0, 0.1) is 12.8 Å². The summed E-state index contributed by atoms with van der Waals surface area (Å²) in [5, 5.41) is 5.90. The molecule has 0 spiro atoms. The number of hydrogen-bond acceptors (Lipinski definition) is 3. The molecule has 1 fully saturated rings. The molecule has 0 saturated carbocycles. The fourth-order valence-corrected chi connectivity index (χ4v) is 3.39. The molecule has 1 aromatic carbocycles. The highest BCUT2D eigenvalue weighted by Crippen LogP contribution is 2.10. The molecule has 1 aliphatic heterocycles. The first kappa shape index (κ1) is 20.4. The Morgan fingerprint density at radius 2 is 1.81 bits per heavy atom. The molecular weight excluding hydrogens is 326 g/mol. The maximum atomic E-state index is 12.5. The lowest BCUT2D eigenvalue weighted by Crippen LogP contribution is -2.50. The van der Waals surface area contributed by atoms with Crippen LogP contribution in [-0.2, 0) is 4.79 Å². The van der Waals surface area contributed by atoms with Gasteiger partial charge in [-0.05, 0) is 63.4 Å². The Kier molecular flexibility index (Phi) is 8.10. The maximum Gasteiger partial charge on any atom is 0.252 e. The highest BCUT2D eigenvalue weighted by atomic mass is 16.2. The second-order valence-electron chi connectivity index (χ2n) is 7.56. The van der Waals surface area contributed by atoms with Gasteiger partial charge in [-0.25, -0.2) is 0 Å². The monoisotopic (exact) mass is 359 g/mol. The minimum absolute atomic E-state index is 0.0325. The number of likely N-dealkylation sites (tertiary alicyclic amines) is 1. The Morgan fingerprint density at radius 3 is 2.46 bits per heavy atom. The first-order valence-corrected chi connectivity index (χ1v) is 9.85. The molecule has 5 heteroatoms. The lowest BCUT2D eigenvalue weighted by atomic mass is 10.0. The molecule has 1 unspecified atom stereocenters. The summed E-state index contributed by atoms with van der Waals surface area (Å²) in [6.07, 6.45) is 4.85. The second kappa shape index (κ2) is 10.3. The van der Waals surface area contributed by atoms with Crippen LogP contribution in [0.4, 0.5) is 0 Å². The number of rotatable bonds is 8. The van der Waals surface area contributed by atoms with Gasteiger partial charge in [0.15, 0.2) is 0 Å². The van der Waals surface area contributed by atoms with Crippen molar-refractivity contribution >= 4 is 11.8 Å². The van der Waals surface area contributed by atoms with Gasteiger partial charge in [-0.2, -0.15) is 0 Å². The van der Waals surface area contributed by atoms with Gasteiger partial charge in [-0.3, -0.25) is 9.59 Å². The quantitative estimate of drug-likeness (QED) is 0.702. The number of benzene rings is 1. The zero-order chi connectivity index (χ0) is 18.9.